The molecule has 0 fully saturated rings. The smallest absolute Gasteiger partial charge is 0.176 e. The molecule has 3 aromatic rings. The molecule has 1 N–H and O–H groups in total. The lowest BCUT2D eigenvalue weighted by molar-refractivity contribution is 0.600. The van der Waals surface area contributed by atoms with Crippen molar-refractivity contribution in [1.29, 1.82) is 0 Å². The molecular weight excluding hydrogens is 278 g/mol. The van der Waals surface area contributed by atoms with E-state index in [0.29, 0.717) is 17.9 Å². The summed E-state index contributed by atoms with van der Waals surface area (Å²) in [6, 6.07) is 7.46. The van der Waals surface area contributed by atoms with Gasteiger partial charge in [-0.2, -0.15) is 4.63 Å². The Balaban J connectivity index is 1.86. The average molecular weight is 291 g/mol. The number of nitrogens with zero attached hydrogens (tertiary/aromatic N) is 4. The van der Waals surface area contributed by atoms with Gasteiger partial charge in [0.15, 0.2) is 11.5 Å². The van der Waals surface area contributed by atoms with Crippen LogP contribution >= 0.6 is 0 Å². The van der Waals surface area contributed by atoms with E-state index in [2.05, 4.69) is 20.2 Å². The first-order valence-corrected chi connectivity index (χ1v) is 8.11. The number of pyridine rings is 1. The van der Waals surface area contributed by atoms with Crippen molar-refractivity contribution in [2.75, 3.05) is 12.0 Å². The Morgan fingerprint density at radius 3 is 2.85 bits per heavy atom. The summed E-state index contributed by atoms with van der Waals surface area (Å²) in [4.78, 5) is 8.53. The highest BCUT2D eigenvalue weighted by Gasteiger charge is 2.11. The highest BCUT2D eigenvalue weighted by molar-refractivity contribution is 7.90. The van der Waals surface area contributed by atoms with Crippen LogP contribution in [0.2, 0.25) is 0 Å². The molecule has 20 heavy (non-hydrogen) atoms. The summed E-state index contributed by atoms with van der Waals surface area (Å²) in [5.74, 6) is 0.557. The van der Waals surface area contributed by atoms with E-state index in [1.54, 1.807) is 6.20 Å². The molecule has 0 radical (unpaired) electrons. The molecular formula is C12H13N5O2S. The van der Waals surface area contributed by atoms with Crippen molar-refractivity contribution in [3.8, 4) is 11.4 Å². The lowest BCUT2D eigenvalue weighted by atomic mass is 10.3. The largest absolute Gasteiger partial charge is 0.274 e. The predicted molar refractivity (Wildman–Crippen MR) is 74.0 cm³/mol. The van der Waals surface area contributed by atoms with E-state index in [1.807, 2.05) is 24.3 Å². The Kier molecular flexibility index (Phi) is 3.01. The first-order valence-electron chi connectivity index (χ1n) is 6.05. The van der Waals surface area contributed by atoms with Gasteiger partial charge in [0.25, 0.3) is 0 Å². The normalized spacial score (nSPS) is 12.1. The Morgan fingerprint density at radius 2 is 2.20 bits per heavy atom. The summed E-state index contributed by atoms with van der Waals surface area (Å²) in [6.45, 7) is 0. The number of H-pyrrole nitrogens is 1. The van der Waals surface area contributed by atoms with Crippen LogP contribution in [0.1, 0.15) is 5.82 Å². The summed E-state index contributed by atoms with van der Waals surface area (Å²) >= 11 is 0. The lowest BCUT2D eigenvalue weighted by Crippen LogP contribution is -2.07. The monoisotopic (exact) mass is 291 g/mol. The molecule has 0 aliphatic carbocycles. The molecule has 104 valence electrons. The van der Waals surface area contributed by atoms with Gasteiger partial charge in [0.1, 0.15) is 9.84 Å². The van der Waals surface area contributed by atoms with E-state index in [9.17, 15) is 8.42 Å². The van der Waals surface area contributed by atoms with Crippen LogP contribution < -0.4 is 0 Å². The SMILES string of the molecule is CS(=O)(=O)CCc1nc2cc(-c3ccccn3)[nH]n2n1. The molecule has 3 rings (SSSR count). The van der Waals surface area contributed by atoms with Crippen molar-refractivity contribution >= 4 is 15.5 Å². The van der Waals surface area contributed by atoms with Crippen molar-refractivity contribution in [2.24, 2.45) is 0 Å². The fourth-order valence-corrected chi connectivity index (χ4v) is 2.41. The van der Waals surface area contributed by atoms with Crippen LogP contribution in [0.4, 0.5) is 0 Å². The summed E-state index contributed by atoms with van der Waals surface area (Å²) in [7, 11) is -3.00. The molecule has 0 atom stereocenters. The van der Waals surface area contributed by atoms with Gasteiger partial charge in [-0.1, -0.05) is 6.07 Å². The molecule has 8 heteroatoms. The lowest BCUT2D eigenvalue weighted by Gasteiger charge is -1.95. The fourth-order valence-electron chi connectivity index (χ4n) is 1.86. The number of fused-ring (bicyclic) bond motifs is 1. The van der Waals surface area contributed by atoms with Crippen LogP contribution in [0.25, 0.3) is 17.0 Å². The third-order valence-corrected chi connectivity index (χ3v) is 3.76. The highest BCUT2D eigenvalue weighted by Crippen LogP contribution is 2.16. The molecule has 0 bridgehead atoms. The minimum absolute atomic E-state index is 0.0489. The van der Waals surface area contributed by atoms with E-state index in [1.165, 1.54) is 10.9 Å². The van der Waals surface area contributed by atoms with Crippen LogP contribution in [0.5, 0.6) is 0 Å². The van der Waals surface area contributed by atoms with E-state index in [0.717, 1.165) is 11.4 Å². The number of aromatic nitrogens is 5. The maximum Gasteiger partial charge on any atom is 0.176 e. The fraction of sp³-hybridized carbons (Fsp3) is 0.250. The van der Waals surface area contributed by atoms with E-state index in [-0.39, 0.29) is 5.75 Å². The highest BCUT2D eigenvalue weighted by atomic mass is 32.2. The molecule has 0 unspecified atom stereocenters. The number of rotatable bonds is 4. The van der Waals surface area contributed by atoms with Crippen molar-refractivity contribution in [3.05, 3.63) is 36.3 Å². The molecule has 0 spiro atoms. The zero-order chi connectivity index (χ0) is 14.2. The number of aryl methyl sites for hydroxylation is 1. The molecule has 0 saturated heterocycles. The topological polar surface area (TPSA) is 93.0 Å². The van der Waals surface area contributed by atoms with Gasteiger partial charge in [-0.25, -0.2) is 13.4 Å². The van der Waals surface area contributed by atoms with Crippen molar-refractivity contribution < 1.29 is 8.42 Å². The van der Waals surface area contributed by atoms with Crippen molar-refractivity contribution in [1.82, 2.24) is 24.8 Å². The zero-order valence-corrected chi connectivity index (χ0v) is 11.6. The van der Waals surface area contributed by atoms with Crippen molar-refractivity contribution in [3.63, 3.8) is 0 Å². The van der Waals surface area contributed by atoms with E-state index in [4.69, 9.17) is 0 Å². The Morgan fingerprint density at radius 1 is 1.35 bits per heavy atom. The Labute approximate surface area is 115 Å². The van der Waals surface area contributed by atoms with Gasteiger partial charge in [-0.3, -0.25) is 10.1 Å². The number of hydrogen-bond acceptors (Lipinski definition) is 5. The standard InChI is InChI=1S/C12H13N5O2S/c1-20(18,19)7-5-11-14-12-8-10(15-17(12)16-11)9-4-2-3-6-13-9/h2-4,6,8,15H,5,7H2,1H3. The third kappa shape index (κ3) is 2.69. The summed E-state index contributed by atoms with van der Waals surface area (Å²) < 4.78 is 23.8. The molecule has 3 heterocycles. The minimum atomic E-state index is -3.00. The number of hydrogen-bond donors (Lipinski definition) is 1. The van der Waals surface area contributed by atoms with Gasteiger partial charge < -0.3 is 0 Å². The molecule has 0 amide bonds. The molecule has 7 nitrogen and oxygen atoms in total. The zero-order valence-electron chi connectivity index (χ0n) is 10.8. The summed E-state index contributed by atoms with van der Waals surface area (Å²) in [5.41, 5.74) is 2.27. The third-order valence-electron chi connectivity index (χ3n) is 2.81. The van der Waals surface area contributed by atoms with Gasteiger partial charge in [0.05, 0.1) is 17.1 Å². The van der Waals surface area contributed by atoms with Crippen LogP contribution in [-0.2, 0) is 16.3 Å². The molecule has 0 aromatic carbocycles. The maximum absolute atomic E-state index is 11.1. The second-order valence-corrected chi connectivity index (χ2v) is 6.82. The molecule has 3 aromatic heterocycles. The average Bonchev–Trinajstić information content (AvgIpc) is 2.94. The van der Waals surface area contributed by atoms with E-state index >= 15 is 0 Å². The quantitative estimate of drug-likeness (QED) is 0.764. The predicted octanol–water partition coefficient (Wildman–Crippen LogP) is 0.706. The number of sulfone groups is 1. The van der Waals surface area contributed by atoms with Crippen molar-refractivity contribution in [2.45, 2.75) is 6.42 Å². The summed E-state index contributed by atoms with van der Waals surface area (Å²) in [6.07, 6.45) is 3.23. The van der Waals surface area contributed by atoms with E-state index < -0.39 is 9.84 Å². The summed E-state index contributed by atoms with van der Waals surface area (Å²) in [5, 5.41) is 7.28. The van der Waals surface area contributed by atoms with Gasteiger partial charge in [-0.15, -0.1) is 5.10 Å². The minimum Gasteiger partial charge on any atom is -0.274 e. The van der Waals surface area contributed by atoms with Gasteiger partial charge in [0, 0.05) is 24.9 Å². The van der Waals surface area contributed by atoms with Gasteiger partial charge in [-0.05, 0) is 12.1 Å². The first kappa shape index (κ1) is 12.8. The van der Waals surface area contributed by atoms with Crippen LogP contribution in [0, 0.1) is 0 Å². The molecule has 0 aliphatic rings. The van der Waals surface area contributed by atoms with Gasteiger partial charge in [0.2, 0.25) is 0 Å². The number of aromatic amines is 1. The second-order valence-electron chi connectivity index (χ2n) is 4.56. The van der Waals surface area contributed by atoms with Crippen LogP contribution in [-0.4, -0.2) is 45.2 Å². The first-order chi connectivity index (χ1) is 9.51. The Hall–Kier alpha value is -2.22. The Bertz CT molecular complexity index is 804. The van der Waals surface area contributed by atoms with Crippen LogP contribution in [0.3, 0.4) is 0 Å². The maximum atomic E-state index is 11.1. The molecule has 0 saturated carbocycles. The van der Waals surface area contributed by atoms with Gasteiger partial charge >= 0.3 is 0 Å². The number of nitrogens with one attached hydrogen (secondary N) is 1. The second kappa shape index (κ2) is 4.71. The molecule has 0 aliphatic heterocycles. The van der Waals surface area contributed by atoms with Crippen LogP contribution in [0.15, 0.2) is 30.5 Å².